The van der Waals surface area contributed by atoms with Crippen LogP contribution in [0, 0.1) is 0 Å². The molecule has 0 aromatic carbocycles. The van der Waals surface area contributed by atoms with E-state index >= 15 is 0 Å². The number of anilines is 6. The Kier molecular flexibility index (Phi) is 3.74. The molecule has 0 aliphatic carbocycles. The Hall–Kier alpha value is -3.18. The van der Waals surface area contributed by atoms with E-state index in [1.54, 1.807) is 0 Å². The van der Waals surface area contributed by atoms with Gasteiger partial charge in [0.2, 0.25) is 0 Å². The van der Waals surface area contributed by atoms with Crippen molar-refractivity contribution in [3.8, 4) is 0 Å². The van der Waals surface area contributed by atoms with E-state index in [0.717, 1.165) is 0 Å². The third-order valence-electron chi connectivity index (χ3n) is 2.37. The summed E-state index contributed by atoms with van der Waals surface area (Å²) in [6, 6.07) is 0. The number of nitrogens with two attached hydrogens (primary N) is 4. The van der Waals surface area contributed by atoms with Gasteiger partial charge >= 0.3 is 0 Å². The maximum atomic E-state index is 5.68. The lowest BCUT2D eigenvalue weighted by Gasteiger charge is -2.10. The van der Waals surface area contributed by atoms with Crippen LogP contribution < -0.4 is 33.6 Å². The Balaban J connectivity index is 1.88. The molecule has 0 fully saturated rings. The van der Waals surface area contributed by atoms with E-state index in [0.29, 0.717) is 24.7 Å². The highest BCUT2D eigenvalue weighted by molar-refractivity contribution is 5.72. The van der Waals surface area contributed by atoms with E-state index in [4.69, 9.17) is 22.9 Å². The standard InChI is InChI=1S/C8H14N12/c9-3-5(11)15-19-17-7(3)13-1-2-14-8-4(10)6(12)16-20-18-8/h1-2H2,(H2,9,19)(H2,10,20)(H3,11,13,15,17)(H3,12,14,16,18). The van der Waals surface area contributed by atoms with Crippen molar-refractivity contribution in [3.63, 3.8) is 0 Å². The predicted octanol–water partition coefficient (Wildman–Crippen LogP) is -2.09. The number of rotatable bonds is 5. The summed E-state index contributed by atoms with van der Waals surface area (Å²) in [4.78, 5) is 0. The monoisotopic (exact) mass is 278 g/mol. The van der Waals surface area contributed by atoms with Gasteiger partial charge < -0.3 is 33.6 Å². The van der Waals surface area contributed by atoms with Crippen LogP contribution in [-0.4, -0.2) is 43.9 Å². The van der Waals surface area contributed by atoms with Crippen LogP contribution in [-0.2, 0) is 0 Å². The topological polar surface area (TPSA) is 205 Å². The molecule has 2 rings (SSSR count). The molecule has 0 spiro atoms. The van der Waals surface area contributed by atoms with Crippen molar-refractivity contribution < 1.29 is 0 Å². The second kappa shape index (κ2) is 5.64. The first-order valence-corrected chi connectivity index (χ1v) is 5.56. The molecule has 12 nitrogen and oxygen atoms in total. The van der Waals surface area contributed by atoms with E-state index in [9.17, 15) is 0 Å². The number of nitrogens with one attached hydrogen (secondary N) is 2. The molecule has 0 radical (unpaired) electrons. The largest absolute Gasteiger partial charge is 0.393 e. The first-order chi connectivity index (χ1) is 9.59. The molecule has 0 unspecified atom stereocenters. The highest BCUT2D eigenvalue weighted by atomic mass is 15.4. The predicted molar refractivity (Wildman–Crippen MR) is 74.3 cm³/mol. The number of nitrogen functional groups attached to an aromatic ring is 4. The Labute approximate surface area is 113 Å². The number of aromatic nitrogens is 6. The van der Waals surface area contributed by atoms with Gasteiger partial charge in [0.25, 0.3) is 0 Å². The van der Waals surface area contributed by atoms with Gasteiger partial charge in [0.15, 0.2) is 23.3 Å². The first-order valence-electron chi connectivity index (χ1n) is 5.56. The summed E-state index contributed by atoms with van der Waals surface area (Å²) in [7, 11) is 0. The fourth-order valence-electron chi connectivity index (χ4n) is 1.31. The van der Waals surface area contributed by atoms with Gasteiger partial charge in [0, 0.05) is 13.1 Å². The molecule has 12 heteroatoms. The first kappa shape index (κ1) is 13.3. The fourth-order valence-corrected chi connectivity index (χ4v) is 1.31. The lowest BCUT2D eigenvalue weighted by atomic mass is 10.4. The average molecular weight is 278 g/mol. The molecule has 0 bridgehead atoms. The summed E-state index contributed by atoms with van der Waals surface area (Å²) in [5.41, 5.74) is 22.9. The van der Waals surface area contributed by atoms with Crippen molar-refractivity contribution >= 4 is 34.6 Å². The maximum Gasteiger partial charge on any atom is 0.177 e. The lowest BCUT2D eigenvalue weighted by Crippen LogP contribution is -2.18. The molecule has 0 atom stereocenters. The van der Waals surface area contributed by atoms with E-state index < -0.39 is 0 Å². The molecule has 10 N–H and O–H groups in total. The molecule has 2 heterocycles. The average Bonchev–Trinajstić information content (AvgIpc) is 2.43. The second-order valence-corrected chi connectivity index (χ2v) is 3.73. The van der Waals surface area contributed by atoms with Gasteiger partial charge in [0.1, 0.15) is 11.4 Å². The fraction of sp³-hybridized carbons (Fsp3) is 0.250. The zero-order valence-corrected chi connectivity index (χ0v) is 10.4. The second-order valence-electron chi connectivity index (χ2n) is 3.73. The summed E-state index contributed by atoms with van der Waals surface area (Å²) in [5, 5.41) is 27.3. The van der Waals surface area contributed by atoms with Crippen LogP contribution in [0.15, 0.2) is 0 Å². The van der Waals surface area contributed by atoms with Gasteiger partial charge in [-0.3, -0.25) is 0 Å². The molecular formula is C8H14N12. The van der Waals surface area contributed by atoms with Crippen LogP contribution in [0.5, 0.6) is 0 Å². The third kappa shape index (κ3) is 2.80. The van der Waals surface area contributed by atoms with Crippen molar-refractivity contribution in [2.45, 2.75) is 0 Å². The molecule has 2 aromatic heterocycles. The summed E-state index contributed by atoms with van der Waals surface area (Å²) >= 11 is 0. The number of hydrogen-bond donors (Lipinski definition) is 6. The molecule has 106 valence electrons. The summed E-state index contributed by atoms with van der Waals surface area (Å²) < 4.78 is 0. The van der Waals surface area contributed by atoms with Crippen LogP contribution in [0.1, 0.15) is 0 Å². The molecule has 2 aromatic rings. The minimum absolute atomic E-state index is 0.118. The summed E-state index contributed by atoms with van der Waals surface area (Å²) in [5.74, 6) is 0.945. The highest BCUT2D eigenvalue weighted by Crippen LogP contribution is 2.19. The van der Waals surface area contributed by atoms with Crippen molar-refractivity contribution in [1.29, 1.82) is 0 Å². The molecule has 0 amide bonds. The number of nitrogens with zero attached hydrogens (tertiary/aromatic N) is 6. The van der Waals surface area contributed by atoms with Crippen molar-refractivity contribution in [2.75, 3.05) is 46.7 Å². The molecule has 0 saturated carbocycles. The van der Waals surface area contributed by atoms with Crippen molar-refractivity contribution in [3.05, 3.63) is 0 Å². The van der Waals surface area contributed by atoms with Crippen LogP contribution >= 0.6 is 0 Å². The smallest absolute Gasteiger partial charge is 0.177 e. The quantitative estimate of drug-likeness (QED) is 0.325. The van der Waals surface area contributed by atoms with Crippen molar-refractivity contribution in [1.82, 2.24) is 30.8 Å². The van der Waals surface area contributed by atoms with E-state index in [1.165, 1.54) is 0 Å². The maximum absolute atomic E-state index is 5.68. The van der Waals surface area contributed by atoms with Gasteiger partial charge in [-0.1, -0.05) is 0 Å². The normalized spacial score (nSPS) is 10.2. The van der Waals surface area contributed by atoms with Crippen molar-refractivity contribution in [2.24, 2.45) is 0 Å². The molecule has 0 aliphatic heterocycles. The van der Waals surface area contributed by atoms with Crippen LogP contribution in [0.25, 0.3) is 0 Å². The van der Waals surface area contributed by atoms with E-state index in [1.807, 2.05) is 0 Å². The highest BCUT2D eigenvalue weighted by Gasteiger charge is 2.07. The molecular weight excluding hydrogens is 264 g/mol. The summed E-state index contributed by atoms with van der Waals surface area (Å²) in [6.45, 7) is 0.928. The Morgan fingerprint density at radius 3 is 1.45 bits per heavy atom. The number of hydrogen-bond acceptors (Lipinski definition) is 12. The van der Waals surface area contributed by atoms with Gasteiger partial charge in [-0.2, -0.15) is 0 Å². The van der Waals surface area contributed by atoms with Gasteiger partial charge in [-0.25, -0.2) is 0 Å². The van der Waals surface area contributed by atoms with Gasteiger partial charge in [-0.15, -0.1) is 20.4 Å². The zero-order chi connectivity index (χ0) is 14.5. The van der Waals surface area contributed by atoms with Gasteiger partial charge in [-0.05, 0) is 10.4 Å². The molecule has 20 heavy (non-hydrogen) atoms. The zero-order valence-electron chi connectivity index (χ0n) is 10.4. The van der Waals surface area contributed by atoms with Crippen LogP contribution in [0.3, 0.4) is 0 Å². The lowest BCUT2D eigenvalue weighted by molar-refractivity contribution is 0.863. The Bertz CT molecular complexity index is 545. The van der Waals surface area contributed by atoms with Crippen LogP contribution in [0.2, 0.25) is 0 Å². The SMILES string of the molecule is Nc1nnnc(NCCNc2nnnc(N)c2N)c1N. The van der Waals surface area contributed by atoms with E-state index in [2.05, 4.69) is 41.5 Å². The Morgan fingerprint density at radius 1 is 0.650 bits per heavy atom. The Morgan fingerprint density at radius 2 is 1.05 bits per heavy atom. The van der Waals surface area contributed by atoms with E-state index in [-0.39, 0.29) is 23.0 Å². The molecule has 0 saturated heterocycles. The minimum Gasteiger partial charge on any atom is -0.393 e. The minimum atomic E-state index is 0.118. The third-order valence-corrected chi connectivity index (χ3v) is 2.37. The van der Waals surface area contributed by atoms with Gasteiger partial charge in [0.05, 0.1) is 0 Å². The van der Waals surface area contributed by atoms with Crippen LogP contribution in [0.4, 0.5) is 34.6 Å². The molecule has 0 aliphatic rings. The summed E-state index contributed by atoms with van der Waals surface area (Å²) in [6.07, 6.45) is 0.